The molecule has 0 aliphatic heterocycles. The Balaban J connectivity index is 2.13. The summed E-state index contributed by atoms with van der Waals surface area (Å²) in [6, 6.07) is 5.60. The van der Waals surface area contributed by atoms with Gasteiger partial charge in [0.1, 0.15) is 5.75 Å². The molecule has 0 aliphatic rings. The van der Waals surface area contributed by atoms with Gasteiger partial charge in [0.25, 0.3) is 0 Å². The third-order valence-electron chi connectivity index (χ3n) is 2.73. The van der Waals surface area contributed by atoms with Crippen LogP contribution in [0.3, 0.4) is 0 Å². The van der Waals surface area contributed by atoms with Gasteiger partial charge in [0.2, 0.25) is 5.16 Å². The van der Waals surface area contributed by atoms with Crippen LogP contribution in [-0.4, -0.2) is 21.5 Å². The van der Waals surface area contributed by atoms with Crippen LogP contribution < -0.4 is 10.6 Å². The van der Waals surface area contributed by atoms with E-state index in [4.69, 9.17) is 22.2 Å². The number of thioether (sulfide) groups is 1. The van der Waals surface area contributed by atoms with Crippen LogP contribution in [0.2, 0.25) is 5.02 Å². The Morgan fingerprint density at radius 2 is 2.15 bits per heavy atom. The van der Waals surface area contributed by atoms with Crippen molar-refractivity contribution in [3.8, 4) is 5.75 Å². The summed E-state index contributed by atoms with van der Waals surface area (Å²) in [5, 5.41) is 9.48. The van der Waals surface area contributed by atoms with Crippen molar-refractivity contribution < 1.29 is 4.74 Å². The standard InChI is InChI=1S/C13H17ClN4OS/c1-3-12-16-17-13(18(12)15)20-8-9-7-10(14)5-6-11(9)19-4-2/h5-7H,3-4,8,15H2,1-2H3. The van der Waals surface area contributed by atoms with E-state index in [1.54, 1.807) is 0 Å². The van der Waals surface area contributed by atoms with Crippen LogP contribution in [0.5, 0.6) is 5.75 Å². The topological polar surface area (TPSA) is 66.0 Å². The zero-order chi connectivity index (χ0) is 14.5. The quantitative estimate of drug-likeness (QED) is 0.656. The molecule has 108 valence electrons. The average Bonchev–Trinajstić information content (AvgIpc) is 2.80. The molecule has 0 radical (unpaired) electrons. The second-order valence-electron chi connectivity index (χ2n) is 4.10. The van der Waals surface area contributed by atoms with Crippen molar-refractivity contribution in [2.45, 2.75) is 31.2 Å². The van der Waals surface area contributed by atoms with Gasteiger partial charge in [0, 0.05) is 22.8 Å². The molecular weight excluding hydrogens is 296 g/mol. The molecule has 20 heavy (non-hydrogen) atoms. The van der Waals surface area contributed by atoms with E-state index in [0.29, 0.717) is 22.5 Å². The summed E-state index contributed by atoms with van der Waals surface area (Å²) in [7, 11) is 0. The van der Waals surface area contributed by atoms with Gasteiger partial charge in [-0.3, -0.25) is 0 Å². The molecule has 2 aromatic rings. The molecule has 1 heterocycles. The number of benzene rings is 1. The lowest BCUT2D eigenvalue weighted by Gasteiger charge is -2.10. The lowest BCUT2D eigenvalue weighted by atomic mass is 10.2. The molecule has 0 fully saturated rings. The number of hydrogen-bond acceptors (Lipinski definition) is 5. The summed E-state index contributed by atoms with van der Waals surface area (Å²) in [5.41, 5.74) is 1.02. The highest BCUT2D eigenvalue weighted by molar-refractivity contribution is 7.98. The molecule has 0 bridgehead atoms. The molecule has 2 N–H and O–H groups in total. The maximum absolute atomic E-state index is 6.03. The van der Waals surface area contributed by atoms with Crippen LogP contribution >= 0.6 is 23.4 Å². The summed E-state index contributed by atoms with van der Waals surface area (Å²) in [6.07, 6.45) is 0.755. The van der Waals surface area contributed by atoms with E-state index in [1.807, 2.05) is 32.0 Å². The van der Waals surface area contributed by atoms with Gasteiger partial charge in [-0.1, -0.05) is 30.3 Å². The minimum atomic E-state index is 0.617. The number of nitrogen functional groups attached to an aromatic ring is 1. The molecule has 1 aromatic carbocycles. The number of hydrogen-bond donors (Lipinski definition) is 1. The third-order valence-corrected chi connectivity index (χ3v) is 3.96. The Morgan fingerprint density at radius 1 is 1.35 bits per heavy atom. The van der Waals surface area contributed by atoms with Crippen molar-refractivity contribution >= 4 is 23.4 Å². The zero-order valence-electron chi connectivity index (χ0n) is 11.5. The number of aromatic nitrogens is 3. The smallest absolute Gasteiger partial charge is 0.210 e. The molecule has 0 saturated heterocycles. The van der Waals surface area contributed by atoms with Crippen molar-refractivity contribution in [2.75, 3.05) is 12.4 Å². The van der Waals surface area contributed by atoms with Gasteiger partial charge in [-0.15, -0.1) is 10.2 Å². The van der Waals surface area contributed by atoms with Crippen molar-refractivity contribution in [3.05, 3.63) is 34.6 Å². The van der Waals surface area contributed by atoms with Gasteiger partial charge in [0.15, 0.2) is 5.82 Å². The summed E-state index contributed by atoms with van der Waals surface area (Å²) in [4.78, 5) is 0. The fraction of sp³-hybridized carbons (Fsp3) is 0.385. The van der Waals surface area contributed by atoms with Crippen molar-refractivity contribution in [2.24, 2.45) is 0 Å². The Labute approximate surface area is 127 Å². The molecule has 0 amide bonds. The van der Waals surface area contributed by atoms with Gasteiger partial charge in [-0.25, -0.2) is 4.68 Å². The van der Waals surface area contributed by atoms with E-state index in [0.717, 1.165) is 23.6 Å². The maximum atomic E-state index is 6.03. The predicted molar refractivity (Wildman–Crippen MR) is 81.7 cm³/mol. The molecule has 2 rings (SSSR count). The fourth-order valence-electron chi connectivity index (χ4n) is 1.75. The van der Waals surface area contributed by atoms with Gasteiger partial charge >= 0.3 is 0 Å². The summed E-state index contributed by atoms with van der Waals surface area (Å²) in [5.74, 6) is 8.20. The van der Waals surface area contributed by atoms with Crippen LogP contribution in [0.25, 0.3) is 0 Å². The highest BCUT2D eigenvalue weighted by atomic mass is 35.5. The van der Waals surface area contributed by atoms with Gasteiger partial charge in [0.05, 0.1) is 6.61 Å². The lowest BCUT2D eigenvalue weighted by molar-refractivity contribution is 0.337. The van der Waals surface area contributed by atoms with E-state index < -0.39 is 0 Å². The largest absolute Gasteiger partial charge is 0.494 e. The molecule has 0 aliphatic carbocycles. The molecule has 1 aromatic heterocycles. The van der Waals surface area contributed by atoms with Gasteiger partial charge < -0.3 is 10.6 Å². The Hall–Kier alpha value is -1.40. The Morgan fingerprint density at radius 3 is 2.80 bits per heavy atom. The van der Waals surface area contributed by atoms with Crippen molar-refractivity contribution in [1.82, 2.24) is 14.9 Å². The number of nitrogens with zero attached hydrogens (tertiary/aromatic N) is 3. The third kappa shape index (κ3) is 3.37. The Kier molecular flexibility index (Phi) is 5.14. The first kappa shape index (κ1) is 15.0. The van der Waals surface area contributed by atoms with E-state index in [9.17, 15) is 0 Å². The highest BCUT2D eigenvalue weighted by Gasteiger charge is 2.11. The normalized spacial score (nSPS) is 10.8. The summed E-state index contributed by atoms with van der Waals surface area (Å²) < 4.78 is 7.11. The van der Waals surface area contributed by atoms with E-state index in [-0.39, 0.29) is 0 Å². The summed E-state index contributed by atoms with van der Waals surface area (Å²) >= 11 is 7.54. The molecule has 0 spiro atoms. The SMILES string of the molecule is CCOc1ccc(Cl)cc1CSc1nnc(CC)n1N. The molecule has 0 unspecified atom stereocenters. The van der Waals surface area contributed by atoms with Crippen LogP contribution in [-0.2, 0) is 12.2 Å². The number of nitrogens with two attached hydrogens (primary N) is 1. The second-order valence-corrected chi connectivity index (χ2v) is 5.48. The predicted octanol–water partition coefficient (Wildman–Crippen LogP) is 2.90. The molecule has 0 saturated carbocycles. The highest BCUT2D eigenvalue weighted by Crippen LogP contribution is 2.29. The monoisotopic (exact) mass is 312 g/mol. The first-order chi connectivity index (χ1) is 9.65. The lowest BCUT2D eigenvalue weighted by Crippen LogP contribution is -2.13. The second kappa shape index (κ2) is 6.85. The average molecular weight is 313 g/mol. The van der Waals surface area contributed by atoms with E-state index >= 15 is 0 Å². The van der Waals surface area contributed by atoms with Crippen LogP contribution in [0.1, 0.15) is 25.2 Å². The van der Waals surface area contributed by atoms with Crippen LogP contribution in [0.15, 0.2) is 23.4 Å². The fourth-order valence-corrected chi connectivity index (χ4v) is 2.79. The van der Waals surface area contributed by atoms with E-state index in [2.05, 4.69) is 10.2 Å². The number of rotatable bonds is 6. The minimum Gasteiger partial charge on any atom is -0.494 e. The van der Waals surface area contributed by atoms with Gasteiger partial charge in [-0.05, 0) is 25.1 Å². The first-order valence-electron chi connectivity index (χ1n) is 6.39. The first-order valence-corrected chi connectivity index (χ1v) is 7.75. The molecular formula is C13H17ClN4OS. The molecule has 7 heteroatoms. The molecule has 5 nitrogen and oxygen atoms in total. The number of ether oxygens (including phenoxy) is 1. The molecule has 0 atom stereocenters. The number of aryl methyl sites for hydroxylation is 1. The Bertz CT molecular complexity index is 588. The number of halogens is 1. The summed E-state index contributed by atoms with van der Waals surface area (Å²) in [6.45, 7) is 4.56. The van der Waals surface area contributed by atoms with E-state index in [1.165, 1.54) is 16.4 Å². The van der Waals surface area contributed by atoms with Crippen LogP contribution in [0, 0.1) is 0 Å². The van der Waals surface area contributed by atoms with Crippen LogP contribution in [0.4, 0.5) is 0 Å². The van der Waals surface area contributed by atoms with Crippen molar-refractivity contribution in [1.29, 1.82) is 0 Å². The maximum Gasteiger partial charge on any atom is 0.210 e. The van der Waals surface area contributed by atoms with Gasteiger partial charge in [-0.2, -0.15) is 0 Å². The van der Waals surface area contributed by atoms with Crippen molar-refractivity contribution in [3.63, 3.8) is 0 Å². The zero-order valence-corrected chi connectivity index (χ0v) is 13.0. The minimum absolute atomic E-state index is 0.617.